The van der Waals surface area contributed by atoms with Gasteiger partial charge in [0, 0.05) is 0 Å². The molecular formula is C8H10BrNO. The fourth-order valence-corrected chi connectivity index (χ4v) is 1.33. The number of hydrogen-bond acceptors (Lipinski definition) is 2. The summed E-state index contributed by atoms with van der Waals surface area (Å²) < 4.78 is 5.93. The molecule has 60 valence electrons. The summed E-state index contributed by atoms with van der Waals surface area (Å²) >= 11 is 3.35. The SMILES string of the molecule is CCc1cc(OC)cnc1Br. The van der Waals surface area contributed by atoms with Crippen molar-refractivity contribution in [3.05, 3.63) is 22.4 Å². The molecule has 0 unspecified atom stereocenters. The van der Waals surface area contributed by atoms with Crippen LogP contribution in [0.4, 0.5) is 0 Å². The molecule has 1 aromatic heterocycles. The summed E-state index contributed by atoms with van der Waals surface area (Å²) in [6.07, 6.45) is 2.66. The first-order chi connectivity index (χ1) is 5.27. The number of pyridine rings is 1. The number of methoxy groups -OCH3 is 1. The zero-order chi connectivity index (χ0) is 8.27. The van der Waals surface area contributed by atoms with E-state index in [1.165, 1.54) is 5.56 Å². The van der Waals surface area contributed by atoms with Crippen LogP contribution in [0.25, 0.3) is 0 Å². The van der Waals surface area contributed by atoms with E-state index in [1.807, 2.05) is 6.07 Å². The van der Waals surface area contributed by atoms with E-state index in [9.17, 15) is 0 Å². The van der Waals surface area contributed by atoms with Gasteiger partial charge in [-0.2, -0.15) is 0 Å². The van der Waals surface area contributed by atoms with Gasteiger partial charge >= 0.3 is 0 Å². The van der Waals surface area contributed by atoms with Crippen molar-refractivity contribution in [1.29, 1.82) is 0 Å². The van der Waals surface area contributed by atoms with E-state index in [1.54, 1.807) is 13.3 Å². The number of ether oxygens (including phenoxy) is 1. The fraction of sp³-hybridized carbons (Fsp3) is 0.375. The molecule has 11 heavy (non-hydrogen) atoms. The summed E-state index contributed by atoms with van der Waals surface area (Å²) in [5.41, 5.74) is 1.17. The number of nitrogens with zero attached hydrogens (tertiary/aromatic N) is 1. The molecule has 0 saturated carbocycles. The smallest absolute Gasteiger partial charge is 0.137 e. The number of aromatic nitrogens is 1. The Bertz CT molecular complexity index is 250. The Balaban J connectivity index is 3.02. The van der Waals surface area contributed by atoms with Crippen molar-refractivity contribution in [2.45, 2.75) is 13.3 Å². The predicted molar refractivity (Wildman–Crippen MR) is 47.9 cm³/mol. The monoisotopic (exact) mass is 215 g/mol. The van der Waals surface area contributed by atoms with Crippen LogP contribution in [0, 0.1) is 0 Å². The zero-order valence-corrected chi connectivity index (χ0v) is 8.18. The van der Waals surface area contributed by atoms with Gasteiger partial charge in [0.15, 0.2) is 0 Å². The van der Waals surface area contributed by atoms with Gasteiger partial charge in [0.25, 0.3) is 0 Å². The molecule has 0 radical (unpaired) electrons. The van der Waals surface area contributed by atoms with Crippen molar-refractivity contribution in [2.24, 2.45) is 0 Å². The standard InChI is InChI=1S/C8H10BrNO/c1-3-6-4-7(11-2)5-10-8(6)9/h4-5H,3H2,1-2H3. The summed E-state index contributed by atoms with van der Waals surface area (Å²) in [6, 6.07) is 1.98. The molecule has 0 aliphatic carbocycles. The maximum absolute atomic E-state index is 5.03. The molecule has 1 heterocycles. The van der Waals surface area contributed by atoms with Gasteiger partial charge in [0.2, 0.25) is 0 Å². The van der Waals surface area contributed by atoms with Gasteiger partial charge < -0.3 is 4.74 Å². The van der Waals surface area contributed by atoms with E-state index in [-0.39, 0.29) is 0 Å². The highest BCUT2D eigenvalue weighted by Gasteiger charge is 1.99. The lowest BCUT2D eigenvalue weighted by atomic mass is 10.2. The van der Waals surface area contributed by atoms with Crippen LogP contribution in [0.2, 0.25) is 0 Å². The molecule has 0 spiro atoms. The first-order valence-electron chi connectivity index (χ1n) is 3.46. The third kappa shape index (κ3) is 1.93. The van der Waals surface area contributed by atoms with Crippen molar-refractivity contribution >= 4 is 15.9 Å². The maximum Gasteiger partial charge on any atom is 0.137 e. The van der Waals surface area contributed by atoms with Crippen molar-refractivity contribution < 1.29 is 4.74 Å². The lowest BCUT2D eigenvalue weighted by Crippen LogP contribution is -1.89. The van der Waals surface area contributed by atoms with Crippen molar-refractivity contribution in [3.63, 3.8) is 0 Å². The first-order valence-corrected chi connectivity index (χ1v) is 4.25. The molecule has 1 aromatic rings. The Morgan fingerprint density at radius 2 is 2.36 bits per heavy atom. The number of hydrogen-bond donors (Lipinski definition) is 0. The van der Waals surface area contributed by atoms with Gasteiger partial charge in [-0.05, 0) is 34.0 Å². The van der Waals surface area contributed by atoms with Gasteiger partial charge in [-0.15, -0.1) is 0 Å². The highest BCUT2D eigenvalue weighted by molar-refractivity contribution is 9.10. The summed E-state index contributed by atoms with van der Waals surface area (Å²) in [7, 11) is 1.64. The highest BCUT2D eigenvalue weighted by atomic mass is 79.9. The molecule has 0 bridgehead atoms. The molecule has 0 fully saturated rings. The van der Waals surface area contributed by atoms with Crippen LogP contribution in [0.5, 0.6) is 5.75 Å². The summed E-state index contributed by atoms with van der Waals surface area (Å²) in [5, 5.41) is 0. The van der Waals surface area contributed by atoms with Crippen LogP contribution < -0.4 is 4.74 Å². The molecule has 0 aliphatic heterocycles. The predicted octanol–water partition coefficient (Wildman–Crippen LogP) is 2.42. The van der Waals surface area contributed by atoms with Crippen LogP contribution in [-0.4, -0.2) is 12.1 Å². The molecular weight excluding hydrogens is 206 g/mol. The minimum atomic E-state index is 0.810. The van der Waals surface area contributed by atoms with Crippen molar-refractivity contribution in [1.82, 2.24) is 4.98 Å². The van der Waals surface area contributed by atoms with Gasteiger partial charge in [0.1, 0.15) is 10.4 Å². The Kier molecular flexibility index (Phi) is 2.88. The first kappa shape index (κ1) is 8.53. The molecule has 3 heteroatoms. The lowest BCUT2D eigenvalue weighted by Gasteiger charge is -2.02. The van der Waals surface area contributed by atoms with E-state index in [0.29, 0.717) is 0 Å². The van der Waals surface area contributed by atoms with Crippen LogP contribution >= 0.6 is 15.9 Å². The third-order valence-electron chi connectivity index (χ3n) is 1.50. The van der Waals surface area contributed by atoms with E-state index < -0.39 is 0 Å². The highest BCUT2D eigenvalue weighted by Crippen LogP contribution is 2.19. The summed E-state index contributed by atoms with van der Waals surface area (Å²) in [4.78, 5) is 4.11. The van der Waals surface area contributed by atoms with Crippen LogP contribution in [0.3, 0.4) is 0 Å². The molecule has 0 N–H and O–H groups in total. The average Bonchev–Trinajstić information content (AvgIpc) is 2.05. The van der Waals surface area contributed by atoms with Crippen molar-refractivity contribution in [2.75, 3.05) is 7.11 Å². The van der Waals surface area contributed by atoms with E-state index in [4.69, 9.17) is 4.74 Å². The molecule has 0 aliphatic rings. The van der Waals surface area contributed by atoms with E-state index in [0.717, 1.165) is 16.8 Å². The van der Waals surface area contributed by atoms with Gasteiger partial charge in [-0.3, -0.25) is 0 Å². The number of rotatable bonds is 2. The summed E-state index contributed by atoms with van der Waals surface area (Å²) in [5.74, 6) is 0.810. The molecule has 1 rings (SSSR count). The minimum absolute atomic E-state index is 0.810. The quantitative estimate of drug-likeness (QED) is 0.708. The Morgan fingerprint density at radius 3 is 2.91 bits per heavy atom. The third-order valence-corrected chi connectivity index (χ3v) is 2.22. The average molecular weight is 216 g/mol. The second-order valence-corrected chi connectivity index (χ2v) is 2.93. The molecule has 0 aromatic carbocycles. The summed E-state index contributed by atoms with van der Waals surface area (Å²) in [6.45, 7) is 2.08. The van der Waals surface area contributed by atoms with Crippen LogP contribution in [-0.2, 0) is 6.42 Å². The minimum Gasteiger partial charge on any atom is -0.495 e. The molecule has 0 atom stereocenters. The van der Waals surface area contributed by atoms with Gasteiger partial charge in [0.05, 0.1) is 13.3 Å². The fourth-order valence-electron chi connectivity index (χ4n) is 0.831. The molecule has 0 amide bonds. The largest absolute Gasteiger partial charge is 0.495 e. The van der Waals surface area contributed by atoms with Crippen LogP contribution in [0.1, 0.15) is 12.5 Å². The maximum atomic E-state index is 5.03. The van der Waals surface area contributed by atoms with E-state index >= 15 is 0 Å². The Labute approximate surface area is 74.7 Å². The lowest BCUT2D eigenvalue weighted by molar-refractivity contribution is 0.412. The molecule has 2 nitrogen and oxygen atoms in total. The van der Waals surface area contributed by atoms with Gasteiger partial charge in [-0.25, -0.2) is 4.98 Å². The van der Waals surface area contributed by atoms with E-state index in [2.05, 4.69) is 27.8 Å². The molecule has 0 saturated heterocycles. The Morgan fingerprint density at radius 1 is 1.64 bits per heavy atom. The zero-order valence-electron chi connectivity index (χ0n) is 6.60. The normalized spacial score (nSPS) is 9.73. The van der Waals surface area contributed by atoms with Gasteiger partial charge in [-0.1, -0.05) is 6.92 Å². The van der Waals surface area contributed by atoms with Crippen molar-refractivity contribution in [3.8, 4) is 5.75 Å². The second kappa shape index (κ2) is 3.72. The topological polar surface area (TPSA) is 22.1 Å². The van der Waals surface area contributed by atoms with Crippen LogP contribution in [0.15, 0.2) is 16.9 Å². The number of aryl methyl sites for hydroxylation is 1. The second-order valence-electron chi connectivity index (χ2n) is 2.18. The Hall–Kier alpha value is -0.570. The number of halogens is 1.